The molecule has 3 heteroatoms. The van der Waals surface area contributed by atoms with Gasteiger partial charge in [0.1, 0.15) is 18.1 Å². The molecular weight excluding hydrogens is 168 g/mol. The van der Waals surface area contributed by atoms with Gasteiger partial charge >= 0.3 is 0 Å². The maximum atomic E-state index is 9.21. The molecular formula is C10H12O3. The molecule has 0 saturated heterocycles. The summed E-state index contributed by atoms with van der Waals surface area (Å²) in [4.78, 5) is 0. The molecule has 0 unspecified atom stereocenters. The van der Waals surface area contributed by atoms with Crippen molar-refractivity contribution < 1.29 is 14.9 Å². The predicted molar refractivity (Wildman–Crippen MR) is 49.7 cm³/mol. The van der Waals surface area contributed by atoms with E-state index < -0.39 is 0 Å². The number of hydrogen-bond donors (Lipinski definition) is 2. The number of aliphatic hydroxyl groups is 1. The van der Waals surface area contributed by atoms with E-state index in [1.807, 2.05) is 0 Å². The average molecular weight is 180 g/mol. The van der Waals surface area contributed by atoms with Crippen molar-refractivity contribution in [2.45, 2.75) is 6.61 Å². The molecule has 0 aliphatic carbocycles. The third kappa shape index (κ3) is 2.80. The Kier molecular flexibility index (Phi) is 3.34. The first kappa shape index (κ1) is 9.61. The average Bonchev–Trinajstić information content (AvgIpc) is 2.14. The van der Waals surface area contributed by atoms with Gasteiger partial charge in [-0.25, -0.2) is 0 Å². The van der Waals surface area contributed by atoms with Crippen molar-refractivity contribution in [2.24, 2.45) is 0 Å². The van der Waals surface area contributed by atoms with Gasteiger partial charge in [0.2, 0.25) is 0 Å². The lowest BCUT2D eigenvalue weighted by Gasteiger charge is -2.05. The van der Waals surface area contributed by atoms with Crippen LogP contribution in [0.25, 0.3) is 0 Å². The monoisotopic (exact) mass is 180 g/mol. The minimum Gasteiger partial charge on any atom is -0.508 e. The van der Waals surface area contributed by atoms with Gasteiger partial charge in [-0.3, -0.25) is 0 Å². The van der Waals surface area contributed by atoms with Crippen LogP contribution in [0.3, 0.4) is 0 Å². The molecule has 0 bridgehead atoms. The molecule has 0 aliphatic heterocycles. The van der Waals surface area contributed by atoms with Crippen LogP contribution in [0.2, 0.25) is 0 Å². The molecule has 2 N–H and O–H groups in total. The lowest BCUT2D eigenvalue weighted by Crippen LogP contribution is -1.93. The van der Waals surface area contributed by atoms with Crippen LogP contribution in [-0.2, 0) is 6.61 Å². The van der Waals surface area contributed by atoms with Gasteiger partial charge in [-0.2, -0.15) is 0 Å². The van der Waals surface area contributed by atoms with Crippen molar-refractivity contribution in [1.29, 1.82) is 0 Å². The standard InChI is InChI=1S/C10H12O3/c1-2-3-13-10-5-8(7-11)4-9(12)6-10/h2,4-6,11-12H,1,3,7H2. The highest BCUT2D eigenvalue weighted by Gasteiger charge is 1.99. The van der Waals surface area contributed by atoms with Crippen LogP contribution in [0.15, 0.2) is 30.9 Å². The number of hydrogen-bond acceptors (Lipinski definition) is 3. The Morgan fingerprint density at radius 2 is 2.15 bits per heavy atom. The molecule has 1 rings (SSSR count). The fourth-order valence-corrected chi connectivity index (χ4v) is 0.973. The third-order valence-corrected chi connectivity index (χ3v) is 1.50. The number of phenolic OH excluding ortho intramolecular Hbond substituents is 1. The fraction of sp³-hybridized carbons (Fsp3) is 0.200. The topological polar surface area (TPSA) is 49.7 Å². The highest BCUT2D eigenvalue weighted by Crippen LogP contribution is 2.21. The molecule has 0 aromatic heterocycles. The largest absolute Gasteiger partial charge is 0.508 e. The summed E-state index contributed by atoms with van der Waals surface area (Å²) < 4.78 is 5.19. The zero-order valence-corrected chi connectivity index (χ0v) is 7.23. The normalized spacial score (nSPS) is 9.62. The number of ether oxygens (including phenoxy) is 1. The Hall–Kier alpha value is -1.48. The Balaban J connectivity index is 2.81. The summed E-state index contributed by atoms with van der Waals surface area (Å²) in [7, 11) is 0. The van der Waals surface area contributed by atoms with Crippen LogP contribution < -0.4 is 4.74 Å². The van der Waals surface area contributed by atoms with E-state index in [0.29, 0.717) is 17.9 Å². The number of phenols is 1. The molecule has 1 aromatic carbocycles. The van der Waals surface area contributed by atoms with Gasteiger partial charge in [-0.15, -0.1) is 0 Å². The number of aliphatic hydroxyl groups excluding tert-OH is 1. The lowest BCUT2D eigenvalue weighted by atomic mass is 10.2. The van der Waals surface area contributed by atoms with E-state index in [0.717, 1.165) is 0 Å². The second-order valence-corrected chi connectivity index (χ2v) is 2.59. The van der Waals surface area contributed by atoms with Gasteiger partial charge in [0.05, 0.1) is 6.61 Å². The number of aromatic hydroxyl groups is 1. The lowest BCUT2D eigenvalue weighted by molar-refractivity contribution is 0.279. The number of benzene rings is 1. The van der Waals surface area contributed by atoms with E-state index in [1.165, 1.54) is 12.1 Å². The van der Waals surface area contributed by atoms with E-state index in [4.69, 9.17) is 9.84 Å². The van der Waals surface area contributed by atoms with Crippen LogP contribution in [0.1, 0.15) is 5.56 Å². The molecule has 0 atom stereocenters. The van der Waals surface area contributed by atoms with Crippen molar-refractivity contribution in [3.8, 4) is 11.5 Å². The molecule has 70 valence electrons. The Bertz CT molecular complexity index is 294. The zero-order chi connectivity index (χ0) is 9.68. The number of rotatable bonds is 4. The maximum Gasteiger partial charge on any atom is 0.123 e. The predicted octanol–water partition coefficient (Wildman–Crippen LogP) is 1.45. The highest BCUT2D eigenvalue weighted by atomic mass is 16.5. The van der Waals surface area contributed by atoms with Crippen LogP contribution in [0, 0.1) is 0 Å². The molecule has 3 nitrogen and oxygen atoms in total. The molecule has 0 radical (unpaired) electrons. The Labute approximate surface area is 76.9 Å². The van der Waals surface area contributed by atoms with E-state index in [9.17, 15) is 5.11 Å². The van der Waals surface area contributed by atoms with Crippen molar-refractivity contribution in [1.82, 2.24) is 0 Å². The van der Waals surface area contributed by atoms with Gasteiger partial charge < -0.3 is 14.9 Å². The van der Waals surface area contributed by atoms with Crippen molar-refractivity contribution in [3.63, 3.8) is 0 Å². The minimum absolute atomic E-state index is 0.0885. The van der Waals surface area contributed by atoms with E-state index in [1.54, 1.807) is 12.1 Å². The van der Waals surface area contributed by atoms with Crippen LogP contribution in [0.4, 0.5) is 0 Å². The highest BCUT2D eigenvalue weighted by molar-refractivity contribution is 5.37. The molecule has 0 fully saturated rings. The zero-order valence-electron chi connectivity index (χ0n) is 7.23. The molecule has 0 amide bonds. The quantitative estimate of drug-likeness (QED) is 0.689. The molecule has 0 saturated carbocycles. The SMILES string of the molecule is C=CCOc1cc(O)cc(CO)c1. The van der Waals surface area contributed by atoms with E-state index in [2.05, 4.69) is 6.58 Å². The van der Waals surface area contributed by atoms with Gasteiger partial charge in [0, 0.05) is 6.07 Å². The maximum absolute atomic E-state index is 9.21. The van der Waals surface area contributed by atoms with Gasteiger partial charge in [-0.1, -0.05) is 12.7 Å². The summed E-state index contributed by atoms with van der Waals surface area (Å²) in [6, 6.07) is 4.65. The second-order valence-electron chi connectivity index (χ2n) is 2.59. The molecule has 0 heterocycles. The molecule has 0 aliphatic rings. The third-order valence-electron chi connectivity index (χ3n) is 1.50. The minimum atomic E-state index is -0.112. The molecule has 0 spiro atoms. The molecule has 1 aromatic rings. The summed E-state index contributed by atoms with van der Waals surface area (Å²) in [5.41, 5.74) is 0.624. The van der Waals surface area contributed by atoms with Crippen LogP contribution in [0.5, 0.6) is 11.5 Å². The van der Waals surface area contributed by atoms with Crippen LogP contribution in [-0.4, -0.2) is 16.8 Å². The second kappa shape index (κ2) is 4.52. The van der Waals surface area contributed by atoms with E-state index >= 15 is 0 Å². The van der Waals surface area contributed by atoms with Crippen molar-refractivity contribution in [2.75, 3.05) is 6.61 Å². The van der Waals surface area contributed by atoms with E-state index in [-0.39, 0.29) is 12.4 Å². The van der Waals surface area contributed by atoms with Crippen molar-refractivity contribution in [3.05, 3.63) is 36.4 Å². The summed E-state index contributed by atoms with van der Waals surface area (Å²) in [5.74, 6) is 0.620. The summed E-state index contributed by atoms with van der Waals surface area (Å²) in [5, 5.41) is 18.0. The van der Waals surface area contributed by atoms with Gasteiger partial charge in [0.15, 0.2) is 0 Å². The summed E-state index contributed by atoms with van der Waals surface area (Å²) >= 11 is 0. The summed E-state index contributed by atoms with van der Waals surface area (Å²) in [6.07, 6.45) is 1.61. The first-order valence-corrected chi connectivity index (χ1v) is 3.93. The fourth-order valence-electron chi connectivity index (χ4n) is 0.973. The van der Waals surface area contributed by atoms with Gasteiger partial charge in [-0.05, 0) is 17.7 Å². The first-order chi connectivity index (χ1) is 6.26. The van der Waals surface area contributed by atoms with Crippen molar-refractivity contribution >= 4 is 0 Å². The Morgan fingerprint density at radius 3 is 2.77 bits per heavy atom. The summed E-state index contributed by atoms with van der Waals surface area (Å²) in [6.45, 7) is 3.77. The Morgan fingerprint density at radius 1 is 1.38 bits per heavy atom. The molecule has 13 heavy (non-hydrogen) atoms. The first-order valence-electron chi connectivity index (χ1n) is 3.93. The van der Waals surface area contributed by atoms with Gasteiger partial charge in [0.25, 0.3) is 0 Å². The smallest absolute Gasteiger partial charge is 0.123 e. The van der Waals surface area contributed by atoms with Crippen LogP contribution >= 0.6 is 0 Å².